The first kappa shape index (κ1) is 25.8. The molecule has 3 aromatic carbocycles. The van der Waals surface area contributed by atoms with E-state index in [1.807, 2.05) is 30.3 Å². The zero-order chi connectivity index (χ0) is 23.7. The van der Waals surface area contributed by atoms with Crippen molar-refractivity contribution < 1.29 is 24.1 Å². The molecule has 0 aliphatic carbocycles. The smallest absolute Gasteiger partial charge is 0.174 e. The summed E-state index contributed by atoms with van der Waals surface area (Å²) in [6.45, 7) is 3.83. The molecule has 0 spiro atoms. The molecule has 0 unspecified atom stereocenters. The van der Waals surface area contributed by atoms with Crippen LogP contribution in [0.2, 0.25) is 5.02 Å². The zero-order valence-electron chi connectivity index (χ0n) is 18.8. The van der Waals surface area contributed by atoms with Crippen molar-refractivity contribution in [3.8, 4) is 23.0 Å². The Hall–Kier alpha value is -2.32. The number of phenols is 2. The molecule has 186 valence electrons. The minimum absolute atomic E-state index is 0. The van der Waals surface area contributed by atoms with Crippen molar-refractivity contribution in [2.45, 2.75) is 29.1 Å². The largest absolute Gasteiger partial charge is 0.508 e. The fourth-order valence-corrected chi connectivity index (χ4v) is 6.01. The molecule has 0 radical (unpaired) electrons. The number of hydrogen-bond acceptors (Lipinski definition) is 6. The molecular weight excluding hydrogens is 512 g/mol. The predicted octanol–water partition coefficient (Wildman–Crippen LogP) is 6.75. The Morgan fingerprint density at radius 1 is 1.06 bits per heavy atom. The van der Waals surface area contributed by atoms with Crippen LogP contribution in [-0.2, 0) is 0 Å². The summed E-state index contributed by atoms with van der Waals surface area (Å²) in [5, 5.41) is 19.6. The molecule has 35 heavy (non-hydrogen) atoms. The van der Waals surface area contributed by atoms with E-state index in [1.54, 1.807) is 18.2 Å². The molecule has 3 aromatic rings. The molecule has 9 heteroatoms. The SMILES string of the molecule is Cl.Oc1cccc([C@H]2Sc3cc(F)c(O)c(Cl)c3O[C@H]2c2ccc(OCCN3CCCC3)cc2)c1. The van der Waals surface area contributed by atoms with Crippen LogP contribution in [0, 0.1) is 5.82 Å². The highest BCUT2D eigenvalue weighted by Crippen LogP contribution is 2.57. The van der Waals surface area contributed by atoms with Crippen molar-refractivity contribution in [1.29, 1.82) is 0 Å². The van der Waals surface area contributed by atoms with Crippen molar-refractivity contribution in [3.63, 3.8) is 0 Å². The summed E-state index contributed by atoms with van der Waals surface area (Å²) < 4.78 is 26.4. The van der Waals surface area contributed by atoms with Crippen LogP contribution >= 0.6 is 35.8 Å². The maximum atomic E-state index is 14.2. The number of nitrogens with zero attached hydrogens (tertiary/aromatic N) is 1. The van der Waals surface area contributed by atoms with Gasteiger partial charge in [-0.05, 0) is 67.4 Å². The number of hydrogen-bond donors (Lipinski definition) is 2. The van der Waals surface area contributed by atoms with Crippen LogP contribution in [0.3, 0.4) is 0 Å². The third kappa shape index (κ3) is 5.59. The molecule has 0 aromatic heterocycles. The van der Waals surface area contributed by atoms with Gasteiger partial charge in [-0.1, -0.05) is 35.9 Å². The third-order valence-electron chi connectivity index (χ3n) is 6.17. The van der Waals surface area contributed by atoms with Crippen LogP contribution in [-0.4, -0.2) is 41.4 Å². The van der Waals surface area contributed by atoms with Gasteiger partial charge in [0.05, 0.1) is 10.1 Å². The second-order valence-corrected chi connectivity index (χ2v) is 10.0. The molecule has 2 N–H and O–H groups in total. The first-order valence-electron chi connectivity index (χ1n) is 11.3. The number of phenolic OH excluding ortho intramolecular Hbond substituents is 2. The quantitative estimate of drug-likeness (QED) is 0.362. The number of likely N-dealkylation sites (tertiary alicyclic amines) is 1. The monoisotopic (exact) mass is 537 g/mol. The normalized spacial score (nSPS) is 19.5. The van der Waals surface area contributed by atoms with Gasteiger partial charge in [0.2, 0.25) is 0 Å². The number of halogens is 3. The average molecular weight is 538 g/mol. The molecule has 1 fully saturated rings. The van der Waals surface area contributed by atoms with Gasteiger partial charge in [-0.25, -0.2) is 4.39 Å². The van der Waals surface area contributed by atoms with Crippen LogP contribution in [0.4, 0.5) is 4.39 Å². The summed E-state index contributed by atoms with van der Waals surface area (Å²) in [4.78, 5) is 2.90. The second-order valence-electron chi connectivity index (χ2n) is 8.49. The van der Waals surface area contributed by atoms with Gasteiger partial charge < -0.3 is 19.7 Å². The molecule has 0 amide bonds. The molecule has 2 heterocycles. The Labute approximate surface area is 219 Å². The van der Waals surface area contributed by atoms with E-state index in [1.165, 1.54) is 30.7 Å². The molecule has 1 saturated heterocycles. The summed E-state index contributed by atoms with van der Waals surface area (Å²) in [5.41, 5.74) is 1.70. The Morgan fingerprint density at radius 2 is 1.80 bits per heavy atom. The van der Waals surface area contributed by atoms with E-state index in [0.717, 1.165) is 36.5 Å². The lowest BCUT2D eigenvalue weighted by atomic mass is 9.99. The second kappa shape index (κ2) is 11.2. The minimum Gasteiger partial charge on any atom is -0.508 e. The van der Waals surface area contributed by atoms with Gasteiger partial charge in [-0.3, -0.25) is 4.90 Å². The Morgan fingerprint density at radius 3 is 2.51 bits per heavy atom. The topological polar surface area (TPSA) is 62.2 Å². The van der Waals surface area contributed by atoms with Crippen molar-refractivity contribution in [3.05, 3.63) is 76.6 Å². The first-order valence-corrected chi connectivity index (χ1v) is 12.5. The van der Waals surface area contributed by atoms with Crippen LogP contribution in [0.5, 0.6) is 23.0 Å². The summed E-state index contributed by atoms with van der Waals surface area (Å²) in [5.74, 6) is -0.267. The maximum Gasteiger partial charge on any atom is 0.174 e. The van der Waals surface area contributed by atoms with E-state index in [-0.39, 0.29) is 34.2 Å². The van der Waals surface area contributed by atoms with Crippen molar-refractivity contribution in [2.75, 3.05) is 26.2 Å². The van der Waals surface area contributed by atoms with Crippen molar-refractivity contribution in [2.24, 2.45) is 0 Å². The molecular formula is C26H26Cl2FNO4S. The fraction of sp³-hybridized carbons (Fsp3) is 0.308. The van der Waals surface area contributed by atoms with Gasteiger partial charge in [0.1, 0.15) is 29.2 Å². The Bertz CT molecular complexity index is 1170. The van der Waals surface area contributed by atoms with Crippen LogP contribution in [0.1, 0.15) is 35.3 Å². The lowest BCUT2D eigenvalue weighted by Gasteiger charge is -2.34. The minimum atomic E-state index is -0.802. The fourth-order valence-electron chi connectivity index (χ4n) is 4.39. The Balaban J connectivity index is 0.00000289. The molecule has 2 aliphatic heterocycles. The van der Waals surface area contributed by atoms with Crippen LogP contribution in [0.25, 0.3) is 0 Å². The highest BCUT2D eigenvalue weighted by molar-refractivity contribution is 7.99. The Kier molecular flexibility index (Phi) is 8.22. The summed E-state index contributed by atoms with van der Waals surface area (Å²) in [6.07, 6.45) is 2.03. The van der Waals surface area contributed by atoms with Gasteiger partial charge in [0.25, 0.3) is 0 Å². The molecule has 5 nitrogen and oxygen atoms in total. The third-order valence-corrected chi connectivity index (χ3v) is 7.85. The molecule has 2 atom stereocenters. The number of benzene rings is 3. The highest BCUT2D eigenvalue weighted by Gasteiger charge is 2.36. The lowest BCUT2D eigenvalue weighted by molar-refractivity contribution is 0.189. The highest BCUT2D eigenvalue weighted by atomic mass is 35.5. The van der Waals surface area contributed by atoms with Gasteiger partial charge in [0, 0.05) is 6.54 Å². The molecule has 0 bridgehead atoms. The summed E-state index contributed by atoms with van der Waals surface area (Å²) in [7, 11) is 0. The molecule has 5 rings (SSSR count). The van der Waals surface area contributed by atoms with Crippen molar-refractivity contribution >= 4 is 35.8 Å². The number of rotatable bonds is 6. The molecule has 2 aliphatic rings. The van der Waals surface area contributed by atoms with Gasteiger partial charge in [-0.15, -0.1) is 24.2 Å². The van der Waals surface area contributed by atoms with Crippen LogP contribution < -0.4 is 9.47 Å². The molecule has 0 saturated carbocycles. The average Bonchev–Trinajstić information content (AvgIpc) is 3.36. The number of fused-ring (bicyclic) bond motifs is 1. The van der Waals surface area contributed by atoms with E-state index in [0.29, 0.717) is 11.5 Å². The van der Waals surface area contributed by atoms with Gasteiger partial charge in [0.15, 0.2) is 17.3 Å². The van der Waals surface area contributed by atoms with Crippen molar-refractivity contribution in [1.82, 2.24) is 4.90 Å². The first-order chi connectivity index (χ1) is 16.5. The van der Waals surface area contributed by atoms with Gasteiger partial charge in [-0.2, -0.15) is 0 Å². The van der Waals surface area contributed by atoms with E-state index < -0.39 is 17.7 Å². The van der Waals surface area contributed by atoms with E-state index in [4.69, 9.17) is 21.1 Å². The van der Waals surface area contributed by atoms with E-state index in [9.17, 15) is 14.6 Å². The maximum absolute atomic E-state index is 14.2. The standard InChI is InChI=1S/C26H25ClFNO4S.ClH/c27-22-23(31)20(28)15-21-25(22)33-24(26(34-21)17-4-3-5-18(30)14-17)16-6-8-19(9-7-16)32-13-12-29-10-1-2-11-29;/h3-9,14-15,24,26,30-31H,1-2,10-13H2;1H/t24-,26+;/m0./s1. The van der Waals surface area contributed by atoms with Gasteiger partial charge >= 0.3 is 0 Å². The van der Waals surface area contributed by atoms with E-state index in [2.05, 4.69) is 4.90 Å². The summed E-state index contributed by atoms with van der Waals surface area (Å²) >= 11 is 7.61. The zero-order valence-corrected chi connectivity index (χ0v) is 21.2. The number of thioether (sulfide) groups is 1. The van der Waals surface area contributed by atoms with Crippen LogP contribution in [0.15, 0.2) is 59.5 Å². The van der Waals surface area contributed by atoms with E-state index >= 15 is 0 Å². The summed E-state index contributed by atoms with van der Waals surface area (Å²) in [6, 6.07) is 15.9. The predicted molar refractivity (Wildman–Crippen MR) is 138 cm³/mol. The number of ether oxygens (including phenoxy) is 2. The lowest BCUT2D eigenvalue weighted by Crippen LogP contribution is -2.25. The number of aromatic hydroxyl groups is 2.